The fraction of sp³-hybridized carbons (Fsp3) is 0.0909. The van der Waals surface area contributed by atoms with Crippen molar-refractivity contribution >= 4 is 55.6 Å². The zero-order valence-corrected chi connectivity index (χ0v) is 17.2. The third-order valence-electron chi connectivity index (χ3n) is 5.39. The molecule has 0 aliphatic carbocycles. The smallest absolute Gasteiger partial charge is 0.157 e. The number of rotatable bonds is 2. The van der Waals surface area contributed by atoms with E-state index in [1.807, 2.05) is 13.8 Å². The van der Waals surface area contributed by atoms with Crippen molar-refractivity contribution in [2.45, 2.75) is 23.6 Å². The third-order valence-corrected chi connectivity index (χ3v) is 6.64. The highest BCUT2D eigenvalue weighted by Gasteiger charge is 2.20. The molecule has 9 heteroatoms. The molecular weight excluding hydrogens is 418 g/mol. The van der Waals surface area contributed by atoms with Crippen LogP contribution in [0.4, 0.5) is 8.78 Å². The predicted octanol–water partition coefficient (Wildman–Crippen LogP) is 5.58. The van der Waals surface area contributed by atoms with Crippen LogP contribution in [0.25, 0.3) is 43.9 Å². The maximum Gasteiger partial charge on any atom is 0.157 e. The van der Waals surface area contributed by atoms with E-state index in [0.717, 1.165) is 32.0 Å². The third kappa shape index (κ3) is 2.70. The maximum absolute atomic E-state index is 14.2. The van der Waals surface area contributed by atoms with Crippen molar-refractivity contribution in [1.82, 2.24) is 30.4 Å². The summed E-state index contributed by atoms with van der Waals surface area (Å²) in [5, 5.41) is 17.4. The van der Waals surface area contributed by atoms with E-state index in [2.05, 4.69) is 30.4 Å². The molecule has 0 saturated carbocycles. The first-order chi connectivity index (χ1) is 15.0. The molecule has 0 aliphatic rings. The molecule has 0 aliphatic heterocycles. The number of hydrogen-bond acceptors (Lipinski definition) is 5. The predicted molar refractivity (Wildman–Crippen MR) is 116 cm³/mol. The van der Waals surface area contributed by atoms with Crippen LogP contribution in [0.1, 0.15) is 11.4 Å². The normalized spacial score (nSPS) is 12.0. The Bertz CT molecular complexity index is 1550. The molecule has 0 radical (unpaired) electrons. The molecule has 0 amide bonds. The van der Waals surface area contributed by atoms with Crippen LogP contribution >= 0.6 is 11.8 Å². The van der Waals surface area contributed by atoms with Crippen molar-refractivity contribution in [1.29, 1.82) is 0 Å². The number of aromatic amines is 2. The first kappa shape index (κ1) is 18.2. The molecule has 0 spiro atoms. The number of hydrogen-bond donors (Lipinski definition) is 2. The Labute approximate surface area is 178 Å². The van der Waals surface area contributed by atoms with Crippen molar-refractivity contribution < 1.29 is 8.78 Å². The largest absolute Gasteiger partial charge is 0.260 e. The monoisotopic (exact) mass is 432 g/mol. The lowest BCUT2D eigenvalue weighted by atomic mass is 10.1. The molecule has 0 fully saturated rings. The van der Waals surface area contributed by atoms with E-state index in [1.54, 1.807) is 12.1 Å². The molecule has 0 saturated heterocycles. The molecule has 4 heterocycles. The quantitative estimate of drug-likeness (QED) is 0.373. The van der Waals surface area contributed by atoms with Gasteiger partial charge < -0.3 is 0 Å². The van der Waals surface area contributed by atoms with Gasteiger partial charge in [-0.3, -0.25) is 10.2 Å². The summed E-state index contributed by atoms with van der Waals surface area (Å²) in [4.78, 5) is 10.8. The number of H-pyrrole nitrogens is 2. The van der Waals surface area contributed by atoms with Crippen LogP contribution in [0.2, 0.25) is 0 Å². The lowest BCUT2D eigenvalue weighted by Gasteiger charge is -2.12. The molecule has 6 nitrogen and oxygen atoms in total. The van der Waals surface area contributed by atoms with Crippen LogP contribution in [0.15, 0.2) is 46.2 Å². The van der Waals surface area contributed by atoms with Gasteiger partial charge in [0.05, 0.1) is 33.2 Å². The summed E-state index contributed by atoms with van der Waals surface area (Å²) in [6, 6.07) is 9.00. The lowest BCUT2D eigenvalue weighted by Crippen LogP contribution is -1.91. The molecule has 6 aromatic rings. The Morgan fingerprint density at radius 2 is 1.16 bits per heavy atom. The van der Waals surface area contributed by atoms with Crippen molar-refractivity contribution in [2.24, 2.45) is 0 Å². The Morgan fingerprint density at radius 3 is 1.61 bits per heavy atom. The summed E-state index contributed by atoms with van der Waals surface area (Å²) in [5.74, 6) is -0.709. The highest BCUT2D eigenvalue weighted by Crippen LogP contribution is 2.44. The van der Waals surface area contributed by atoms with Gasteiger partial charge in [0.25, 0.3) is 0 Å². The van der Waals surface area contributed by atoms with Gasteiger partial charge in [0.15, 0.2) is 11.3 Å². The lowest BCUT2D eigenvalue weighted by molar-refractivity contribution is 0.629. The molecule has 0 bridgehead atoms. The van der Waals surface area contributed by atoms with E-state index in [1.165, 1.54) is 36.0 Å². The van der Waals surface area contributed by atoms with Gasteiger partial charge in [-0.05, 0) is 50.2 Å². The Morgan fingerprint density at radius 1 is 0.710 bits per heavy atom. The average Bonchev–Trinajstić information content (AvgIpc) is 3.30. The van der Waals surface area contributed by atoms with Gasteiger partial charge in [-0.2, -0.15) is 10.2 Å². The van der Waals surface area contributed by atoms with E-state index in [4.69, 9.17) is 0 Å². The highest BCUT2D eigenvalue weighted by atomic mass is 32.2. The number of aryl methyl sites for hydroxylation is 2. The fourth-order valence-electron chi connectivity index (χ4n) is 3.94. The minimum Gasteiger partial charge on any atom is -0.260 e. The summed E-state index contributed by atoms with van der Waals surface area (Å²) in [6.45, 7) is 3.75. The summed E-state index contributed by atoms with van der Waals surface area (Å²) >= 11 is 1.43. The SMILES string of the molecule is Cc1n[nH]c2nc3ccc(F)cc3c(Sc3c4cc(F)ccc4nc4[nH]nc(C)c34)c12. The van der Waals surface area contributed by atoms with Crippen molar-refractivity contribution in [2.75, 3.05) is 0 Å². The summed E-state index contributed by atoms with van der Waals surface area (Å²) in [6.07, 6.45) is 0. The summed E-state index contributed by atoms with van der Waals surface area (Å²) < 4.78 is 28.4. The van der Waals surface area contributed by atoms with Crippen LogP contribution in [-0.4, -0.2) is 30.4 Å². The minimum absolute atomic E-state index is 0.355. The number of nitrogens with zero attached hydrogens (tertiary/aromatic N) is 4. The second kappa shape index (κ2) is 6.45. The Balaban J connectivity index is 1.76. The molecule has 152 valence electrons. The molecule has 2 N–H and O–H groups in total. The molecule has 6 rings (SSSR count). The molecule has 0 atom stereocenters. The number of pyridine rings is 2. The summed E-state index contributed by atoms with van der Waals surface area (Å²) in [7, 11) is 0. The first-order valence-corrected chi connectivity index (χ1v) is 10.4. The van der Waals surface area contributed by atoms with E-state index in [-0.39, 0.29) is 11.6 Å². The van der Waals surface area contributed by atoms with E-state index >= 15 is 0 Å². The van der Waals surface area contributed by atoms with Crippen molar-refractivity contribution in [3.8, 4) is 0 Å². The van der Waals surface area contributed by atoms with Gasteiger partial charge in [-0.1, -0.05) is 11.8 Å². The van der Waals surface area contributed by atoms with Crippen LogP contribution in [-0.2, 0) is 0 Å². The zero-order chi connectivity index (χ0) is 21.3. The van der Waals surface area contributed by atoms with Crippen LogP contribution in [0.3, 0.4) is 0 Å². The Hall–Kier alpha value is -3.59. The second-order valence-electron chi connectivity index (χ2n) is 7.37. The van der Waals surface area contributed by atoms with Gasteiger partial charge in [-0.15, -0.1) is 0 Å². The molecule has 4 aromatic heterocycles. The van der Waals surface area contributed by atoms with Gasteiger partial charge in [0, 0.05) is 20.6 Å². The standard InChI is InChI=1S/C22H14F2N6S/c1-9-17-19(13-7-11(23)3-5-15(13)25-21(17)29-27-9)31-20-14-8-12(24)4-6-16(14)26-22-18(20)10(2)28-30-22/h3-8H,1-2H3,(H,25,27,29)(H,26,28,30). The summed E-state index contributed by atoms with van der Waals surface area (Å²) in [5.41, 5.74) is 4.02. The first-order valence-electron chi connectivity index (χ1n) is 9.55. The second-order valence-corrected chi connectivity index (χ2v) is 8.39. The molecular formula is C22H14F2N6S. The average molecular weight is 432 g/mol. The van der Waals surface area contributed by atoms with Gasteiger partial charge in [0.1, 0.15) is 11.6 Å². The van der Waals surface area contributed by atoms with Crippen LogP contribution in [0.5, 0.6) is 0 Å². The Kier molecular flexibility index (Phi) is 3.79. The topological polar surface area (TPSA) is 83.1 Å². The van der Waals surface area contributed by atoms with Crippen molar-refractivity contribution in [3.63, 3.8) is 0 Å². The fourth-order valence-corrected chi connectivity index (χ4v) is 5.39. The number of nitrogens with one attached hydrogen (secondary N) is 2. The van der Waals surface area contributed by atoms with Crippen LogP contribution in [0, 0.1) is 25.5 Å². The zero-order valence-electron chi connectivity index (χ0n) is 16.4. The number of fused-ring (bicyclic) bond motifs is 4. The number of benzene rings is 2. The number of halogens is 2. The van der Waals surface area contributed by atoms with Gasteiger partial charge in [-0.25, -0.2) is 18.7 Å². The maximum atomic E-state index is 14.2. The van der Waals surface area contributed by atoms with Gasteiger partial charge >= 0.3 is 0 Å². The van der Waals surface area contributed by atoms with E-state index < -0.39 is 0 Å². The molecule has 31 heavy (non-hydrogen) atoms. The highest BCUT2D eigenvalue weighted by molar-refractivity contribution is 8.00. The van der Waals surface area contributed by atoms with E-state index in [9.17, 15) is 8.78 Å². The minimum atomic E-state index is -0.355. The van der Waals surface area contributed by atoms with Crippen molar-refractivity contribution in [3.05, 3.63) is 59.4 Å². The van der Waals surface area contributed by atoms with Gasteiger partial charge in [0.2, 0.25) is 0 Å². The number of aromatic nitrogens is 6. The molecule has 2 aromatic carbocycles. The van der Waals surface area contributed by atoms with Crippen LogP contribution < -0.4 is 0 Å². The van der Waals surface area contributed by atoms with E-state index in [0.29, 0.717) is 33.1 Å². The molecule has 0 unspecified atom stereocenters.